The highest BCUT2D eigenvalue weighted by atomic mass is 16.3. The van der Waals surface area contributed by atoms with E-state index in [4.69, 9.17) is 11.5 Å². The van der Waals surface area contributed by atoms with Gasteiger partial charge < -0.3 is 16.6 Å². The summed E-state index contributed by atoms with van der Waals surface area (Å²) < 4.78 is 0. The van der Waals surface area contributed by atoms with Gasteiger partial charge in [0, 0.05) is 10.9 Å². The predicted octanol–water partition coefficient (Wildman–Crippen LogP) is 3.41. The minimum Gasteiger partial charge on any atom is -0.508 e. The third-order valence-electron chi connectivity index (χ3n) is 4.71. The summed E-state index contributed by atoms with van der Waals surface area (Å²) >= 11 is 0. The van der Waals surface area contributed by atoms with Gasteiger partial charge in [-0.15, -0.1) is 0 Å². The molecule has 0 aliphatic heterocycles. The van der Waals surface area contributed by atoms with Gasteiger partial charge in [0.15, 0.2) is 5.82 Å². The summed E-state index contributed by atoms with van der Waals surface area (Å²) in [6.07, 6.45) is 2.48. The van der Waals surface area contributed by atoms with E-state index in [0.29, 0.717) is 17.8 Å². The fourth-order valence-corrected chi connectivity index (χ4v) is 3.31. The highest BCUT2D eigenvalue weighted by molar-refractivity contribution is 5.94. The molecule has 6 N–H and O–H groups in total. The van der Waals surface area contributed by atoms with Gasteiger partial charge in [-0.25, -0.2) is 0 Å². The second-order valence-electron chi connectivity index (χ2n) is 6.61. The first-order valence-electron chi connectivity index (χ1n) is 8.80. The van der Waals surface area contributed by atoms with E-state index < -0.39 is 5.91 Å². The van der Waals surface area contributed by atoms with E-state index in [-0.39, 0.29) is 5.75 Å². The Kier molecular flexibility index (Phi) is 4.45. The molecule has 1 radical (unpaired) electrons. The molecule has 4 aromatic rings. The number of hydrogen-bond donors (Lipinski definition) is 4. The molecular weight excluding hydrogens is 352 g/mol. The van der Waals surface area contributed by atoms with Crippen LogP contribution in [0, 0.1) is 6.42 Å². The van der Waals surface area contributed by atoms with E-state index in [1.165, 1.54) is 0 Å². The molecule has 6 heteroatoms. The number of anilines is 1. The largest absolute Gasteiger partial charge is 0.508 e. The van der Waals surface area contributed by atoms with Crippen molar-refractivity contribution >= 4 is 22.6 Å². The average molecular weight is 371 g/mol. The average Bonchev–Trinajstić information content (AvgIpc) is 3.06. The Hall–Kier alpha value is -3.80. The number of H-pyrrole nitrogens is 1. The lowest BCUT2D eigenvalue weighted by atomic mass is 9.96. The lowest BCUT2D eigenvalue weighted by molar-refractivity contribution is 0.0999. The summed E-state index contributed by atoms with van der Waals surface area (Å²) in [7, 11) is 0. The Balaban J connectivity index is 1.63. The zero-order valence-electron chi connectivity index (χ0n) is 15.0. The first-order chi connectivity index (χ1) is 13.5. The van der Waals surface area contributed by atoms with Gasteiger partial charge in [-0.1, -0.05) is 30.3 Å². The summed E-state index contributed by atoms with van der Waals surface area (Å²) in [6, 6.07) is 18.4. The van der Waals surface area contributed by atoms with Crippen molar-refractivity contribution in [3.8, 4) is 16.9 Å². The SMILES string of the molecule is NC(=O)c1ccccc1C[CH]c1cc(O)cc(-c2ccc3c(N)n[nH]c3c2)c1. The predicted molar refractivity (Wildman–Crippen MR) is 110 cm³/mol. The van der Waals surface area contributed by atoms with Crippen LogP contribution in [0.25, 0.3) is 22.0 Å². The molecule has 0 atom stereocenters. The van der Waals surface area contributed by atoms with Crippen LogP contribution in [-0.2, 0) is 6.42 Å². The van der Waals surface area contributed by atoms with Gasteiger partial charge in [-0.05, 0) is 65.4 Å². The van der Waals surface area contributed by atoms with Crippen molar-refractivity contribution in [2.45, 2.75) is 6.42 Å². The second-order valence-corrected chi connectivity index (χ2v) is 6.61. The van der Waals surface area contributed by atoms with Crippen LogP contribution in [0.2, 0.25) is 0 Å². The van der Waals surface area contributed by atoms with Crippen molar-refractivity contribution < 1.29 is 9.90 Å². The number of hydrogen-bond acceptors (Lipinski definition) is 4. The Morgan fingerprint density at radius 3 is 2.71 bits per heavy atom. The van der Waals surface area contributed by atoms with E-state index in [1.54, 1.807) is 24.3 Å². The molecule has 1 heterocycles. The third kappa shape index (κ3) is 3.40. The number of aromatic hydroxyl groups is 1. The van der Waals surface area contributed by atoms with E-state index >= 15 is 0 Å². The number of phenols is 1. The summed E-state index contributed by atoms with van der Waals surface area (Å²) in [5.41, 5.74) is 16.1. The van der Waals surface area contributed by atoms with Crippen molar-refractivity contribution in [2.24, 2.45) is 5.73 Å². The summed E-state index contributed by atoms with van der Waals surface area (Å²) in [6.45, 7) is 0. The lowest BCUT2D eigenvalue weighted by Crippen LogP contribution is -2.13. The van der Waals surface area contributed by atoms with Crippen molar-refractivity contribution in [1.82, 2.24) is 10.2 Å². The number of nitrogens with one attached hydrogen (secondary N) is 1. The number of phenolic OH excluding ortho intramolecular Hbond substituents is 1. The van der Waals surface area contributed by atoms with Gasteiger partial charge in [0.05, 0.1) is 5.52 Å². The van der Waals surface area contributed by atoms with Crippen LogP contribution in [0.15, 0.2) is 60.7 Å². The molecule has 3 aromatic carbocycles. The molecule has 0 aliphatic carbocycles. The van der Waals surface area contributed by atoms with Crippen molar-refractivity contribution in [2.75, 3.05) is 5.73 Å². The minimum absolute atomic E-state index is 0.163. The Labute approximate surface area is 161 Å². The monoisotopic (exact) mass is 371 g/mol. The minimum atomic E-state index is -0.451. The molecule has 0 aliphatic rings. The van der Waals surface area contributed by atoms with Gasteiger partial charge in [-0.2, -0.15) is 5.10 Å². The topological polar surface area (TPSA) is 118 Å². The molecule has 0 spiro atoms. The molecule has 0 bridgehead atoms. The Bertz CT molecular complexity index is 1180. The van der Waals surface area contributed by atoms with Crippen LogP contribution in [0.5, 0.6) is 5.75 Å². The van der Waals surface area contributed by atoms with Crippen LogP contribution < -0.4 is 11.5 Å². The van der Waals surface area contributed by atoms with Crippen LogP contribution >= 0.6 is 0 Å². The van der Waals surface area contributed by atoms with Gasteiger partial charge >= 0.3 is 0 Å². The molecule has 0 saturated carbocycles. The Morgan fingerprint density at radius 1 is 1.07 bits per heavy atom. The standard InChI is InChI=1S/C22H19N4O2/c23-21-19-8-7-15(12-20(19)25-26-21)16-9-13(10-17(27)11-16)5-6-14-3-1-2-4-18(14)22(24)28/h1-5,7-12,27H,6H2,(H2,24,28)(H3,23,25,26). The van der Waals surface area contributed by atoms with Gasteiger partial charge in [0.25, 0.3) is 0 Å². The maximum atomic E-state index is 11.6. The molecule has 1 aromatic heterocycles. The van der Waals surface area contributed by atoms with E-state index in [1.807, 2.05) is 42.8 Å². The Morgan fingerprint density at radius 2 is 1.89 bits per heavy atom. The fourth-order valence-electron chi connectivity index (χ4n) is 3.31. The van der Waals surface area contributed by atoms with E-state index in [0.717, 1.165) is 33.2 Å². The molecule has 28 heavy (non-hydrogen) atoms. The van der Waals surface area contributed by atoms with Gasteiger partial charge in [0.1, 0.15) is 5.75 Å². The number of nitrogens with two attached hydrogens (primary N) is 2. The first-order valence-corrected chi connectivity index (χ1v) is 8.80. The van der Waals surface area contributed by atoms with Crippen LogP contribution in [0.3, 0.4) is 0 Å². The number of amides is 1. The number of nitrogen functional groups attached to an aromatic ring is 1. The zero-order chi connectivity index (χ0) is 19.7. The number of carbonyl (C=O) groups is 1. The van der Waals surface area contributed by atoms with Crippen LogP contribution in [-0.4, -0.2) is 21.2 Å². The number of rotatable bonds is 5. The van der Waals surface area contributed by atoms with E-state index in [2.05, 4.69) is 10.2 Å². The molecule has 139 valence electrons. The number of aromatic amines is 1. The zero-order valence-corrected chi connectivity index (χ0v) is 15.0. The lowest BCUT2D eigenvalue weighted by Gasteiger charge is -2.09. The second kappa shape index (κ2) is 7.08. The van der Waals surface area contributed by atoms with Crippen molar-refractivity contribution in [3.05, 3.63) is 83.8 Å². The highest BCUT2D eigenvalue weighted by Gasteiger charge is 2.10. The van der Waals surface area contributed by atoms with Crippen LogP contribution in [0.1, 0.15) is 21.5 Å². The number of primary amides is 1. The molecular formula is C22H19N4O2. The maximum Gasteiger partial charge on any atom is 0.248 e. The number of carbonyl (C=O) groups excluding carboxylic acids is 1. The highest BCUT2D eigenvalue weighted by Crippen LogP contribution is 2.30. The molecule has 6 nitrogen and oxygen atoms in total. The molecule has 4 rings (SSSR count). The van der Waals surface area contributed by atoms with Crippen molar-refractivity contribution in [1.29, 1.82) is 0 Å². The molecule has 0 saturated heterocycles. The first kappa shape index (κ1) is 17.6. The van der Waals surface area contributed by atoms with Gasteiger partial charge in [-0.3, -0.25) is 9.89 Å². The number of fused-ring (bicyclic) bond motifs is 1. The maximum absolute atomic E-state index is 11.6. The summed E-state index contributed by atoms with van der Waals surface area (Å²) in [5, 5.41) is 18.0. The number of aromatic nitrogens is 2. The quantitative estimate of drug-likeness (QED) is 0.430. The molecule has 0 unspecified atom stereocenters. The molecule has 1 amide bonds. The fraction of sp³-hybridized carbons (Fsp3) is 0.0455. The van der Waals surface area contributed by atoms with Crippen LogP contribution in [0.4, 0.5) is 5.82 Å². The normalized spacial score (nSPS) is 11.0. The smallest absolute Gasteiger partial charge is 0.248 e. The number of benzene rings is 3. The van der Waals surface area contributed by atoms with Crippen molar-refractivity contribution in [3.63, 3.8) is 0 Å². The number of nitrogens with zero attached hydrogens (tertiary/aromatic N) is 1. The summed E-state index contributed by atoms with van der Waals surface area (Å²) in [4.78, 5) is 11.6. The third-order valence-corrected chi connectivity index (χ3v) is 4.71. The molecule has 0 fully saturated rings. The summed E-state index contributed by atoms with van der Waals surface area (Å²) in [5.74, 6) is 0.170. The van der Waals surface area contributed by atoms with E-state index in [9.17, 15) is 9.90 Å². The van der Waals surface area contributed by atoms with Gasteiger partial charge in [0.2, 0.25) is 5.91 Å².